The van der Waals surface area contributed by atoms with E-state index in [9.17, 15) is 26.3 Å². The van der Waals surface area contributed by atoms with Gasteiger partial charge in [-0.05, 0) is 43.3 Å². The third-order valence-corrected chi connectivity index (χ3v) is 4.31. The average Bonchev–Trinajstić information content (AvgIpc) is 2.88. The Kier molecular flexibility index (Phi) is 4.57. The molecule has 1 atom stereocenters. The summed E-state index contributed by atoms with van der Waals surface area (Å²) in [6.07, 6.45) is -9.05. The molecule has 0 radical (unpaired) electrons. The van der Waals surface area contributed by atoms with Crippen LogP contribution in [0.1, 0.15) is 18.1 Å². The van der Waals surface area contributed by atoms with Crippen LogP contribution in [0.3, 0.4) is 0 Å². The van der Waals surface area contributed by atoms with Gasteiger partial charge in [0.05, 0.1) is 17.2 Å². The van der Waals surface area contributed by atoms with Gasteiger partial charge in [0.1, 0.15) is 0 Å². The van der Waals surface area contributed by atoms with Gasteiger partial charge in [-0.1, -0.05) is 12.1 Å². The van der Waals surface area contributed by atoms with E-state index in [1.165, 1.54) is 34.1 Å². The molecule has 1 aliphatic heterocycles. The van der Waals surface area contributed by atoms with Gasteiger partial charge in [-0.25, -0.2) is 0 Å². The molecule has 0 amide bonds. The number of halogens is 6. The molecule has 3 rings (SSSR count). The first-order valence-corrected chi connectivity index (χ1v) is 7.98. The van der Waals surface area contributed by atoms with Gasteiger partial charge >= 0.3 is 12.4 Å². The number of benzene rings is 2. The highest BCUT2D eigenvalue weighted by atomic mass is 19.4. The van der Waals surface area contributed by atoms with Crippen molar-refractivity contribution < 1.29 is 26.3 Å². The maximum Gasteiger partial charge on any atom is 0.416 e. The minimum Gasteiger partial charge on any atom is -0.310 e. The highest BCUT2D eigenvalue weighted by Crippen LogP contribution is 2.36. The molecule has 1 fully saturated rings. The molecule has 2 aromatic carbocycles. The van der Waals surface area contributed by atoms with Gasteiger partial charge in [0.15, 0.2) is 0 Å². The second-order valence-corrected chi connectivity index (χ2v) is 6.25. The van der Waals surface area contributed by atoms with E-state index in [1.54, 1.807) is 6.92 Å². The molecule has 1 aliphatic rings. The molecule has 0 aromatic heterocycles. The van der Waals surface area contributed by atoms with Crippen molar-refractivity contribution in [3.63, 3.8) is 0 Å². The Labute approximate surface area is 151 Å². The first kappa shape index (κ1) is 19.1. The zero-order valence-corrected chi connectivity index (χ0v) is 14.1. The number of hydrogen-bond acceptors (Lipinski definition) is 1. The SMILES string of the molecule is CC1CN(c2cccc(C(F)(F)F)c2)C(=N)N1c1cccc(C(F)(F)F)c1. The Balaban J connectivity index is 1.94. The number of anilines is 2. The van der Waals surface area contributed by atoms with E-state index in [4.69, 9.17) is 5.41 Å². The smallest absolute Gasteiger partial charge is 0.310 e. The van der Waals surface area contributed by atoms with Crippen LogP contribution in [0.25, 0.3) is 0 Å². The molecule has 144 valence electrons. The third-order valence-electron chi connectivity index (χ3n) is 4.31. The maximum atomic E-state index is 13.0. The third kappa shape index (κ3) is 3.72. The van der Waals surface area contributed by atoms with Crippen molar-refractivity contribution in [2.75, 3.05) is 16.3 Å². The predicted molar refractivity (Wildman–Crippen MR) is 89.9 cm³/mol. The van der Waals surface area contributed by atoms with Crippen LogP contribution in [0, 0.1) is 5.41 Å². The van der Waals surface area contributed by atoms with Crippen LogP contribution in [-0.2, 0) is 12.4 Å². The lowest BCUT2D eigenvalue weighted by molar-refractivity contribution is -0.138. The minimum absolute atomic E-state index is 0.163. The van der Waals surface area contributed by atoms with Crippen LogP contribution in [0.2, 0.25) is 0 Å². The quantitative estimate of drug-likeness (QED) is 0.702. The highest BCUT2D eigenvalue weighted by Gasteiger charge is 2.37. The molecule has 3 nitrogen and oxygen atoms in total. The van der Waals surface area contributed by atoms with Crippen LogP contribution in [0.15, 0.2) is 48.5 Å². The second-order valence-electron chi connectivity index (χ2n) is 6.25. The van der Waals surface area contributed by atoms with Gasteiger partial charge in [0.2, 0.25) is 5.96 Å². The zero-order valence-electron chi connectivity index (χ0n) is 14.1. The summed E-state index contributed by atoms with van der Waals surface area (Å²) in [4.78, 5) is 2.72. The lowest BCUT2D eigenvalue weighted by atomic mass is 10.1. The predicted octanol–water partition coefficient (Wildman–Crippen LogP) is 5.37. The zero-order chi connectivity index (χ0) is 20.0. The topological polar surface area (TPSA) is 30.3 Å². The van der Waals surface area contributed by atoms with Crippen LogP contribution in [0.4, 0.5) is 37.7 Å². The van der Waals surface area contributed by atoms with Gasteiger partial charge in [-0.3, -0.25) is 5.41 Å². The van der Waals surface area contributed by atoms with Crippen LogP contribution >= 0.6 is 0 Å². The summed E-state index contributed by atoms with van der Waals surface area (Å²) < 4.78 is 77.7. The molecule has 9 heteroatoms. The van der Waals surface area contributed by atoms with Crippen molar-refractivity contribution in [3.05, 3.63) is 59.7 Å². The number of hydrogen-bond donors (Lipinski definition) is 1. The van der Waals surface area contributed by atoms with Crippen molar-refractivity contribution in [3.8, 4) is 0 Å². The number of alkyl halides is 6. The summed E-state index contributed by atoms with van der Waals surface area (Å²) >= 11 is 0. The van der Waals surface area contributed by atoms with Crippen molar-refractivity contribution in [2.45, 2.75) is 25.3 Å². The van der Waals surface area contributed by atoms with Crippen molar-refractivity contribution in [1.82, 2.24) is 0 Å². The summed E-state index contributed by atoms with van der Waals surface area (Å²) in [7, 11) is 0. The Bertz CT molecular complexity index is 859. The van der Waals surface area contributed by atoms with E-state index < -0.39 is 29.5 Å². The summed E-state index contributed by atoms with van der Waals surface area (Å²) in [6, 6.07) is 8.68. The van der Waals surface area contributed by atoms with Crippen LogP contribution in [0.5, 0.6) is 0 Å². The highest BCUT2D eigenvalue weighted by molar-refractivity contribution is 6.08. The summed E-state index contributed by atoms with van der Waals surface area (Å²) in [5.41, 5.74) is -1.37. The number of rotatable bonds is 2. The maximum absolute atomic E-state index is 13.0. The molecule has 1 heterocycles. The van der Waals surface area contributed by atoms with Crippen molar-refractivity contribution >= 4 is 17.3 Å². The molecule has 27 heavy (non-hydrogen) atoms. The molecule has 2 aromatic rings. The van der Waals surface area contributed by atoms with Gasteiger partial charge in [0, 0.05) is 17.9 Å². The Morgan fingerprint density at radius 3 is 1.85 bits per heavy atom. The molecular weight excluding hydrogens is 372 g/mol. The first-order chi connectivity index (χ1) is 12.5. The fourth-order valence-electron chi connectivity index (χ4n) is 3.06. The Hall–Kier alpha value is -2.71. The summed E-state index contributed by atoms with van der Waals surface area (Å²) in [5.74, 6) is -0.179. The molecule has 0 bridgehead atoms. The van der Waals surface area contributed by atoms with Gasteiger partial charge in [0.25, 0.3) is 0 Å². The fraction of sp³-hybridized carbons (Fsp3) is 0.278. The standard InChI is InChI=1S/C18H15F6N3/c1-11-10-26(14-6-2-4-12(8-14)17(19,20)21)16(25)27(11)15-7-3-5-13(9-15)18(22,23)24/h2-9,11,25H,10H2,1H3. The molecule has 0 saturated carbocycles. The Morgan fingerprint density at radius 2 is 1.33 bits per heavy atom. The van der Waals surface area contributed by atoms with Crippen LogP contribution in [-0.4, -0.2) is 18.5 Å². The molecule has 0 spiro atoms. The van der Waals surface area contributed by atoms with Gasteiger partial charge in [-0.2, -0.15) is 26.3 Å². The van der Waals surface area contributed by atoms with Crippen molar-refractivity contribution in [2.24, 2.45) is 0 Å². The molecule has 0 aliphatic carbocycles. The Morgan fingerprint density at radius 1 is 0.852 bits per heavy atom. The van der Waals surface area contributed by atoms with E-state index >= 15 is 0 Å². The van der Waals surface area contributed by atoms with E-state index in [1.807, 2.05) is 0 Å². The number of guanidine groups is 1. The van der Waals surface area contributed by atoms with E-state index in [0.29, 0.717) is 0 Å². The second kappa shape index (κ2) is 6.47. The fourth-order valence-corrected chi connectivity index (χ4v) is 3.06. The largest absolute Gasteiger partial charge is 0.416 e. The molecule has 1 N–H and O–H groups in total. The average molecular weight is 387 g/mol. The lowest BCUT2D eigenvalue weighted by Crippen LogP contribution is -2.34. The molecule has 1 saturated heterocycles. The van der Waals surface area contributed by atoms with Gasteiger partial charge < -0.3 is 9.80 Å². The van der Waals surface area contributed by atoms with Crippen LogP contribution < -0.4 is 9.80 Å². The summed E-state index contributed by atoms with van der Waals surface area (Å²) in [6.45, 7) is 1.87. The van der Waals surface area contributed by atoms with E-state index in [-0.39, 0.29) is 23.9 Å². The number of nitrogens with zero attached hydrogens (tertiary/aromatic N) is 2. The first-order valence-electron chi connectivity index (χ1n) is 7.98. The normalized spacial score (nSPS) is 18.3. The lowest BCUT2D eigenvalue weighted by Gasteiger charge is -2.24. The molecular formula is C18H15F6N3. The minimum atomic E-state index is -4.53. The van der Waals surface area contributed by atoms with E-state index in [0.717, 1.165) is 24.3 Å². The van der Waals surface area contributed by atoms with E-state index in [2.05, 4.69) is 0 Å². The summed E-state index contributed by atoms with van der Waals surface area (Å²) in [5, 5.41) is 8.31. The van der Waals surface area contributed by atoms with Crippen molar-refractivity contribution in [1.29, 1.82) is 5.41 Å². The molecule has 1 unspecified atom stereocenters. The number of nitrogens with one attached hydrogen (secondary N) is 1. The monoisotopic (exact) mass is 387 g/mol. The van der Waals surface area contributed by atoms with Gasteiger partial charge in [-0.15, -0.1) is 0 Å².